The van der Waals surface area contributed by atoms with Crippen LogP contribution in [0.3, 0.4) is 0 Å². The number of benzene rings is 2. The van der Waals surface area contributed by atoms with Gasteiger partial charge in [-0.25, -0.2) is 13.4 Å². The van der Waals surface area contributed by atoms with Gasteiger partial charge in [0.05, 0.1) is 22.0 Å². The number of para-hydroxylation sites is 1. The van der Waals surface area contributed by atoms with Crippen LogP contribution in [0.5, 0.6) is 5.75 Å². The van der Waals surface area contributed by atoms with E-state index in [1.807, 2.05) is 25.1 Å². The van der Waals surface area contributed by atoms with Crippen LogP contribution in [0.15, 0.2) is 47.4 Å². The zero-order valence-electron chi connectivity index (χ0n) is 14.4. The van der Waals surface area contributed by atoms with Crippen molar-refractivity contribution in [2.45, 2.75) is 18.2 Å². The van der Waals surface area contributed by atoms with Crippen LogP contribution in [0, 0.1) is 0 Å². The van der Waals surface area contributed by atoms with Crippen molar-refractivity contribution in [1.82, 2.24) is 4.98 Å². The molecular formula is C18H17ClN2O4S2. The van der Waals surface area contributed by atoms with Crippen LogP contribution in [0.2, 0.25) is 5.02 Å². The first-order valence-electron chi connectivity index (χ1n) is 8.19. The van der Waals surface area contributed by atoms with Crippen LogP contribution in [0.1, 0.15) is 13.3 Å². The molecule has 0 aliphatic heterocycles. The second-order valence-corrected chi connectivity index (χ2v) is 9.20. The van der Waals surface area contributed by atoms with Gasteiger partial charge in [-0.3, -0.25) is 4.79 Å². The van der Waals surface area contributed by atoms with Crippen molar-refractivity contribution in [3.8, 4) is 5.75 Å². The molecule has 3 rings (SSSR count). The van der Waals surface area contributed by atoms with Crippen molar-refractivity contribution in [3.05, 3.63) is 47.5 Å². The number of nitrogens with one attached hydrogen (secondary N) is 1. The molecule has 1 aromatic heterocycles. The van der Waals surface area contributed by atoms with E-state index in [0.29, 0.717) is 28.0 Å². The quantitative estimate of drug-likeness (QED) is 0.615. The van der Waals surface area contributed by atoms with Crippen molar-refractivity contribution < 1.29 is 17.9 Å². The zero-order valence-corrected chi connectivity index (χ0v) is 16.8. The van der Waals surface area contributed by atoms with E-state index in [9.17, 15) is 13.2 Å². The van der Waals surface area contributed by atoms with Gasteiger partial charge in [-0.2, -0.15) is 0 Å². The number of thiazole rings is 1. The van der Waals surface area contributed by atoms with Crippen molar-refractivity contribution in [1.29, 1.82) is 0 Å². The number of rotatable bonds is 7. The number of fused-ring (bicyclic) bond motifs is 1. The molecular weight excluding hydrogens is 408 g/mol. The number of halogens is 1. The minimum absolute atomic E-state index is 0.140. The standard InChI is InChI=1S/C18H17ClN2O4S2/c1-2-25-14-4-3-5-15-17(14)21-18(26-15)20-16(22)10-11-27(23,24)13-8-6-12(19)7-9-13/h3-9H,2,10-11H2,1H3,(H,20,21,22). The highest BCUT2D eigenvalue weighted by Crippen LogP contribution is 2.32. The molecule has 0 bridgehead atoms. The summed E-state index contributed by atoms with van der Waals surface area (Å²) in [6.07, 6.45) is -0.167. The fraction of sp³-hybridized carbons (Fsp3) is 0.222. The molecule has 3 aromatic rings. The molecule has 0 fully saturated rings. The third-order valence-electron chi connectivity index (χ3n) is 3.70. The number of hydrogen-bond acceptors (Lipinski definition) is 6. The predicted octanol–water partition coefficient (Wildman–Crippen LogP) is 4.15. The maximum absolute atomic E-state index is 12.3. The molecule has 1 amide bonds. The van der Waals surface area contributed by atoms with E-state index in [4.69, 9.17) is 16.3 Å². The number of nitrogens with zero attached hydrogens (tertiary/aromatic N) is 1. The second-order valence-electron chi connectivity index (χ2n) is 5.63. The molecule has 0 saturated carbocycles. The molecule has 0 aliphatic carbocycles. The van der Waals surface area contributed by atoms with Gasteiger partial charge in [0.1, 0.15) is 11.3 Å². The van der Waals surface area contributed by atoms with E-state index in [0.717, 1.165) is 4.70 Å². The first-order chi connectivity index (χ1) is 12.9. The van der Waals surface area contributed by atoms with Crippen LogP contribution >= 0.6 is 22.9 Å². The van der Waals surface area contributed by atoms with Crippen LogP contribution < -0.4 is 10.1 Å². The summed E-state index contributed by atoms with van der Waals surface area (Å²) in [4.78, 5) is 16.7. The maximum atomic E-state index is 12.3. The first-order valence-corrected chi connectivity index (χ1v) is 11.0. The molecule has 0 spiro atoms. The summed E-state index contributed by atoms with van der Waals surface area (Å²) in [7, 11) is -3.56. The molecule has 2 aromatic carbocycles. The van der Waals surface area contributed by atoms with Gasteiger partial charge in [0, 0.05) is 11.4 Å². The summed E-state index contributed by atoms with van der Waals surface area (Å²) in [5.74, 6) is -0.0585. The molecule has 9 heteroatoms. The molecule has 6 nitrogen and oxygen atoms in total. The van der Waals surface area contributed by atoms with Crippen molar-refractivity contribution >= 4 is 54.0 Å². The number of anilines is 1. The Kier molecular flexibility index (Phi) is 5.98. The summed E-state index contributed by atoms with van der Waals surface area (Å²) in [6.45, 7) is 2.40. The molecule has 142 valence electrons. The van der Waals surface area contributed by atoms with Crippen molar-refractivity contribution in [2.75, 3.05) is 17.7 Å². The average molecular weight is 425 g/mol. The lowest BCUT2D eigenvalue weighted by Gasteiger charge is -2.05. The molecule has 27 heavy (non-hydrogen) atoms. The maximum Gasteiger partial charge on any atom is 0.227 e. The van der Waals surface area contributed by atoms with E-state index >= 15 is 0 Å². The fourth-order valence-electron chi connectivity index (χ4n) is 2.42. The first kappa shape index (κ1) is 19.6. The van der Waals surface area contributed by atoms with E-state index in [1.165, 1.54) is 35.6 Å². The highest BCUT2D eigenvalue weighted by Gasteiger charge is 2.17. The number of carbonyl (C=O) groups is 1. The summed E-state index contributed by atoms with van der Waals surface area (Å²) < 4.78 is 31.0. The number of hydrogen-bond donors (Lipinski definition) is 1. The molecule has 1 N–H and O–H groups in total. The van der Waals surface area contributed by atoms with Crippen LogP contribution in [-0.2, 0) is 14.6 Å². The minimum Gasteiger partial charge on any atom is -0.492 e. The van der Waals surface area contributed by atoms with Crippen LogP contribution in [0.25, 0.3) is 10.2 Å². The summed E-state index contributed by atoms with van der Waals surface area (Å²) in [5, 5.41) is 3.52. The Labute approximate surface area is 166 Å². The summed E-state index contributed by atoms with van der Waals surface area (Å²) >= 11 is 7.08. The highest BCUT2D eigenvalue weighted by atomic mass is 35.5. The Hall–Kier alpha value is -2.16. The largest absolute Gasteiger partial charge is 0.492 e. The smallest absolute Gasteiger partial charge is 0.227 e. The molecule has 0 aliphatic rings. The number of carbonyl (C=O) groups excluding carboxylic acids is 1. The fourth-order valence-corrected chi connectivity index (χ4v) is 4.68. The third kappa shape index (κ3) is 4.77. The van der Waals surface area contributed by atoms with E-state index in [2.05, 4.69) is 10.3 Å². The Bertz CT molecular complexity index is 1060. The van der Waals surface area contributed by atoms with E-state index in [1.54, 1.807) is 0 Å². The molecule has 0 atom stereocenters. The van der Waals surface area contributed by atoms with Gasteiger partial charge < -0.3 is 10.1 Å². The van der Waals surface area contributed by atoms with Crippen molar-refractivity contribution in [3.63, 3.8) is 0 Å². The SMILES string of the molecule is CCOc1cccc2sc(NC(=O)CCS(=O)(=O)c3ccc(Cl)cc3)nc12. The number of aromatic nitrogens is 1. The van der Waals surface area contributed by atoms with Gasteiger partial charge in [-0.05, 0) is 43.3 Å². The molecule has 1 heterocycles. The normalized spacial score (nSPS) is 11.5. The van der Waals surface area contributed by atoms with Gasteiger partial charge >= 0.3 is 0 Å². The van der Waals surface area contributed by atoms with E-state index < -0.39 is 15.7 Å². The average Bonchev–Trinajstić information content (AvgIpc) is 3.04. The number of amides is 1. The van der Waals surface area contributed by atoms with Gasteiger partial charge in [-0.15, -0.1) is 0 Å². The number of ether oxygens (including phenoxy) is 1. The minimum atomic E-state index is -3.56. The Morgan fingerprint density at radius 3 is 2.67 bits per heavy atom. The lowest BCUT2D eigenvalue weighted by Crippen LogP contribution is -2.17. The lowest BCUT2D eigenvalue weighted by atomic mass is 10.3. The monoisotopic (exact) mass is 424 g/mol. The molecule has 0 saturated heterocycles. The van der Waals surface area contributed by atoms with Gasteiger partial charge in [0.15, 0.2) is 15.0 Å². The molecule has 0 unspecified atom stereocenters. The summed E-state index contributed by atoms with van der Waals surface area (Å²) in [6, 6.07) is 11.4. The highest BCUT2D eigenvalue weighted by molar-refractivity contribution is 7.91. The van der Waals surface area contributed by atoms with Gasteiger partial charge in [0.25, 0.3) is 0 Å². The third-order valence-corrected chi connectivity index (χ3v) is 6.62. The molecule has 0 radical (unpaired) electrons. The van der Waals surface area contributed by atoms with Gasteiger partial charge in [0.2, 0.25) is 5.91 Å². The Balaban J connectivity index is 1.66. The predicted molar refractivity (Wildman–Crippen MR) is 108 cm³/mol. The Morgan fingerprint density at radius 1 is 1.22 bits per heavy atom. The van der Waals surface area contributed by atoms with E-state index in [-0.39, 0.29) is 17.1 Å². The van der Waals surface area contributed by atoms with Crippen LogP contribution in [0.4, 0.5) is 5.13 Å². The zero-order chi connectivity index (χ0) is 19.4. The topological polar surface area (TPSA) is 85.4 Å². The van der Waals surface area contributed by atoms with Crippen LogP contribution in [-0.4, -0.2) is 31.7 Å². The van der Waals surface area contributed by atoms with Gasteiger partial charge in [-0.1, -0.05) is 29.0 Å². The lowest BCUT2D eigenvalue weighted by molar-refractivity contribution is -0.115. The van der Waals surface area contributed by atoms with Crippen molar-refractivity contribution in [2.24, 2.45) is 0 Å². The summed E-state index contributed by atoms with van der Waals surface area (Å²) in [5.41, 5.74) is 0.674. The Morgan fingerprint density at radius 2 is 1.96 bits per heavy atom. The number of sulfone groups is 1. The second kappa shape index (κ2) is 8.24.